The summed E-state index contributed by atoms with van der Waals surface area (Å²) in [7, 11) is 0. The van der Waals surface area contributed by atoms with E-state index in [4.69, 9.17) is 17.3 Å². The van der Waals surface area contributed by atoms with E-state index in [9.17, 15) is 4.79 Å². The van der Waals surface area contributed by atoms with Crippen molar-refractivity contribution in [2.24, 2.45) is 11.7 Å². The summed E-state index contributed by atoms with van der Waals surface area (Å²) in [5.41, 5.74) is 7.57. The molecule has 2 atom stereocenters. The Labute approximate surface area is 106 Å². The number of hydrogen-bond donors (Lipinski definition) is 2. The molecule has 1 aromatic rings. The number of amides is 1. The lowest BCUT2D eigenvalue weighted by atomic mass is 10.1. The van der Waals surface area contributed by atoms with Gasteiger partial charge >= 0.3 is 0 Å². The van der Waals surface area contributed by atoms with Gasteiger partial charge in [0.05, 0.1) is 10.7 Å². The van der Waals surface area contributed by atoms with Crippen LogP contribution in [-0.4, -0.2) is 11.9 Å². The molecule has 1 aromatic carbocycles. The van der Waals surface area contributed by atoms with Crippen LogP contribution in [0.1, 0.15) is 24.8 Å². The Morgan fingerprint density at radius 2 is 2.24 bits per heavy atom. The lowest BCUT2D eigenvalue weighted by molar-refractivity contribution is -0.119. The largest absolute Gasteiger partial charge is 0.328 e. The molecular formula is C13H17ClN2O. The third-order valence-electron chi connectivity index (χ3n) is 3.22. The zero-order chi connectivity index (χ0) is 12.4. The van der Waals surface area contributed by atoms with Crippen LogP contribution >= 0.6 is 11.6 Å². The molecule has 92 valence electrons. The van der Waals surface area contributed by atoms with E-state index in [0.717, 1.165) is 24.8 Å². The number of anilines is 1. The van der Waals surface area contributed by atoms with E-state index in [0.29, 0.717) is 10.7 Å². The van der Waals surface area contributed by atoms with Crippen molar-refractivity contribution in [1.29, 1.82) is 0 Å². The molecule has 2 unspecified atom stereocenters. The quantitative estimate of drug-likeness (QED) is 0.850. The van der Waals surface area contributed by atoms with Crippen LogP contribution < -0.4 is 11.1 Å². The Morgan fingerprint density at radius 1 is 1.47 bits per heavy atom. The molecule has 0 radical (unpaired) electrons. The monoisotopic (exact) mass is 252 g/mol. The molecule has 1 fully saturated rings. The van der Waals surface area contributed by atoms with E-state index in [2.05, 4.69) is 5.32 Å². The molecule has 0 spiro atoms. The van der Waals surface area contributed by atoms with Gasteiger partial charge in [-0.2, -0.15) is 0 Å². The van der Waals surface area contributed by atoms with E-state index in [1.54, 1.807) is 6.07 Å². The minimum Gasteiger partial charge on any atom is -0.328 e. The predicted molar refractivity (Wildman–Crippen MR) is 70.1 cm³/mol. The van der Waals surface area contributed by atoms with Gasteiger partial charge in [-0.25, -0.2) is 0 Å². The van der Waals surface area contributed by atoms with E-state index in [1.165, 1.54) is 0 Å². The minimum atomic E-state index is 0.0292. The molecule has 1 saturated carbocycles. The van der Waals surface area contributed by atoms with Crippen LogP contribution in [0.3, 0.4) is 0 Å². The number of hydrogen-bond acceptors (Lipinski definition) is 2. The molecule has 0 aromatic heterocycles. The van der Waals surface area contributed by atoms with Crippen LogP contribution in [0, 0.1) is 12.8 Å². The smallest absolute Gasteiger partial charge is 0.227 e. The van der Waals surface area contributed by atoms with Gasteiger partial charge < -0.3 is 11.1 Å². The normalized spacial score (nSPS) is 23.7. The molecule has 1 aliphatic rings. The molecule has 0 bridgehead atoms. The molecule has 0 aliphatic heterocycles. The maximum Gasteiger partial charge on any atom is 0.227 e. The van der Waals surface area contributed by atoms with Crippen LogP contribution in [0.25, 0.3) is 0 Å². The Balaban J connectivity index is 2.05. The predicted octanol–water partition coefficient (Wildman–Crippen LogP) is 2.71. The van der Waals surface area contributed by atoms with Gasteiger partial charge in [-0.1, -0.05) is 17.7 Å². The fourth-order valence-electron chi connectivity index (χ4n) is 2.22. The van der Waals surface area contributed by atoms with Gasteiger partial charge in [0.2, 0.25) is 5.91 Å². The summed E-state index contributed by atoms with van der Waals surface area (Å²) in [4.78, 5) is 12.0. The Morgan fingerprint density at radius 3 is 2.88 bits per heavy atom. The second-order valence-corrected chi connectivity index (χ2v) is 5.15. The topological polar surface area (TPSA) is 55.1 Å². The molecule has 0 heterocycles. The average molecular weight is 253 g/mol. The number of aryl methyl sites for hydroxylation is 1. The third-order valence-corrected chi connectivity index (χ3v) is 3.55. The first-order valence-electron chi connectivity index (χ1n) is 5.89. The summed E-state index contributed by atoms with van der Waals surface area (Å²) >= 11 is 6.04. The van der Waals surface area contributed by atoms with E-state index >= 15 is 0 Å². The van der Waals surface area contributed by atoms with E-state index < -0.39 is 0 Å². The summed E-state index contributed by atoms with van der Waals surface area (Å²) in [6, 6.07) is 5.77. The highest BCUT2D eigenvalue weighted by Gasteiger charge is 2.27. The number of rotatable bonds is 2. The standard InChI is InChI=1S/C13H17ClN2O/c1-8-2-5-11(14)12(6-8)16-13(17)9-3-4-10(15)7-9/h2,5-6,9-10H,3-4,7,15H2,1H3,(H,16,17). The maximum absolute atomic E-state index is 12.0. The average Bonchev–Trinajstić information content (AvgIpc) is 2.70. The summed E-state index contributed by atoms with van der Waals surface area (Å²) in [6.07, 6.45) is 2.57. The van der Waals surface area contributed by atoms with Crippen molar-refractivity contribution < 1.29 is 4.79 Å². The van der Waals surface area contributed by atoms with Crippen LogP contribution in [0.2, 0.25) is 5.02 Å². The van der Waals surface area contributed by atoms with Gasteiger partial charge in [0, 0.05) is 12.0 Å². The van der Waals surface area contributed by atoms with Gasteiger partial charge in [-0.3, -0.25) is 4.79 Å². The maximum atomic E-state index is 12.0. The van der Waals surface area contributed by atoms with Crippen molar-refractivity contribution in [1.82, 2.24) is 0 Å². The molecule has 3 nitrogen and oxygen atoms in total. The highest BCUT2D eigenvalue weighted by molar-refractivity contribution is 6.33. The number of carbonyl (C=O) groups is 1. The first kappa shape index (κ1) is 12.4. The molecule has 1 aliphatic carbocycles. The zero-order valence-electron chi connectivity index (χ0n) is 9.87. The number of benzene rings is 1. The summed E-state index contributed by atoms with van der Waals surface area (Å²) in [6.45, 7) is 1.97. The number of carbonyl (C=O) groups excluding carboxylic acids is 1. The van der Waals surface area contributed by atoms with Crippen molar-refractivity contribution in [3.63, 3.8) is 0 Å². The van der Waals surface area contributed by atoms with E-state index in [1.807, 2.05) is 19.1 Å². The van der Waals surface area contributed by atoms with Gasteiger partial charge in [0.1, 0.15) is 0 Å². The second-order valence-electron chi connectivity index (χ2n) is 4.74. The Bertz CT molecular complexity index is 433. The zero-order valence-corrected chi connectivity index (χ0v) is 10.6. The molecule has 17 heavy (non-hydrogen) atoms. The van der Waals surface area contributed by atoms with Crippen LogP contribution in [0.4, 0.5) is 5.69 Å². The highest BCUT2D eigenvalue weighted by atomic mass is 35.5. The fourth-order valence-corrected chi connectivity index (χ4v) is 2.39. The first-order chi connectivity index (χ1) is 8.06. The molecule has 2 rings (SSSR count). The number of nitrogens with one attached hydrogen (secondary N) is 1. The van der Waals surface area contributed by atoms with Crippen LogP contribution in [0.5, 0.6) is 0 Å². The SMILES string of the molecule is Cc1ccc(Cl)c(NC(=O)C2CCC(N)C2)c1. The Kier molecular flexibility index (Phi) is 3.69. The Hall–Kier alpha value is -1.06. The molecule has 3 N–H and O–H groups in total. The molecule has 4 heteroatoms. The molecule has 1 amide bonds. The second kappa shape index (κ2) is 5.07. The number of halogens is 1. The number of nitrogens with two attached hydrogens (primary N) is 1. The van der Waals surface area contributed by atoms with Crippen molar-refractivity contribution in [3.8, 4) is 0 Å². The molecule has 0 saturated heterocycles. The van der Waals surface area contributed by atoms with Gasteiger partial charge in [-0.05, 0) is 43.9 Å². The fraction of sp³-hybridized carbons (Fsp3) is 0.462. The van der Waals surface area contributed by atoms with Crippen molar-refractivity contribution in [2.75, 3.05) is 5.32 Å². The van der Waals surface area contributed by atoms with Crippen LogP contribution in [0.15, 0.2) is 18.2 Å². The first-order valence-corrected chi connectivity index (χ1v) is 6.26. The lowest BCUT2D eigenvalue weighted by Crippen LogP contribution is -2.23. The van der Waals surface area contributed by atoms with Crippen molar-refractivity contribution in [3.05, 3.63) is 28.8 Å². The molecular weight excluding hydrogens is 236 g/mol. The van der Waals surface area contributed by atoms with Crippen LogP contribution in [-0.2, 0) is 4.79 Å². The highest BCUT2D eigenvalue weighted by Crippen LogP contribution is 2.28. The van der Waals surface area contributed by atoms with Gasteiger partial charge in [-0.15, -0.1) is 0 Å². The minimum absolute atomic E-state index is 0.0292. The third kappa shape index (κ3) is 2.99. The summed E-state index contributed by atoms with van der Waals surface area (Å²) in [5.74, 6) is 0.0621. The summed E-state index contributed by atoms with van der Waals surface area (Å²) < 4.78 is 0. The lowest BCUT2D eigenvalue weighted by Gasteiger charge is -2.12. The summed E-state index contributed by atoms with van der Waals surface area (Å²) in [5, 5.41) is 3.46. The van der Waals surface area contributed by atoms with Gasteiger partial charge in [0.15, 0.2) is 0 Å². The van der Waals surface area contributed by atoms with Crippen molar-refractivity contribution >= 4 is 23.2 Å². The van der Waals surface area contributed by atoms with Gasteiger partial charge in [0.25, 0.3) is 0 Å². The van der Waals surface area contributed by atoms with Crippen molar-refractivity contribution in [2.45, 2.75) is 32.2 Å². The van der Waals surface area contributed by atoms with E-state index in [-0.39, 0.29) is 17.9 Å².